The summed E-state index contributed by atoms with van der Waals surface area (Å²) in [6.07, 6.45) is 3.72. The molecule has 98 valence electrons. The zero-order chi connectivity index (χ0) is 13.4. The van der Waals surface area contributed by atoms with Crippen LogP contribution >= 0.6 is 0 Å². The molecule has 1 saturated heterocycles. The van der Waals surface area contributed by atoms with Crippen molar-refractivity contribution in [2.24, 2.45) is 22.0 Å². The lowest BCUT2D eigenvalue weighted by Crippen LogP contribution is -2.90. The Balaban J connectivity index is 1.99. The van der Waals surface area contributed by atoms with Crippen LogP contribution in [0.25, 0.3) is 0 Å². The van der Waals surface area contributed by atoms with Crippen molar-refractivity contribution in [1.29, 1.82) is 10.5 Å². The van der Waals surface area contributed by atoms with Crippen molar-refractivity contribution >= 4 is 5.84 Å². The van der Waals surface area contributed by atoms with Crippen LogP contribution in [-0.4, -0.2) is 25.0 Å². The van der Waals surface area contributed by atoms with Gasteiger partial charge in [-0.05, 0) is 12.8 Å². The summed E-state index contributed by atoms with van der Waals surface area (Å²) in [5.41, 5.74) is 3.74. The van der Waals surface area contributed by atoms with Crippen LogP contribution in [0.1, 0.15) is 25.7 Å². The average Bonchev–Trinajstić information content (AvgIpc) is 2.89. The van der Waals surface area contributed by atoms with Crippen LogP contribution in [-0.2, 0) is 9.47 Å². The van der Waals surface area contributed by atoms with Crippen molar-refractivity contribution in [2.75, 3.05) is 13.2 Å². The smallest absolute Gasteiger partial charge is 0.311 e. The molecule has 0 bridgehead atoms. The first-order valence-electron chi connectivity index (χ1n) is 6.68. The Bertz CT molecular complexity index is 574. The molecule has 19 heavy (non-hydrogen) atoms. The predicted octanol–water partition coefficient (Wildman–Crippen LogP) is -1.27. The number of nitriles is 2. The lowest BCUT2D eigenvalue weighted by molar-refractivity contribution is -0.678. The van der Waals surface area contributed by atoms with Gasteiger partial charge in [0.15, 0.2) is 10.8 Å². The van der Waals surface area contributed by atoms with E-state index in [4.69, 9.17) is 15.2 Å². The number of nitrogens with zero attached hydrogens (tertiary/aromatic N) is 2. The van der Waals surface area contributed by atoms with Crippen molar-refractivity contribution in [3.8, 4) is 12.1 Å². The number of nitrogens with two attached hydrogens (primary N) is 1. The number of fused-ring (bicyclic) bond motifs is 4. The monoisotopic (exact) mass is 259 g/mol. The molecule has 3 fully saturated rings. The Morgan fingerprint density at radius 1 is 1.11 bits per heavy atom. The third-order valence-electron chi connectivity index (χ3n) is 5.62. The Morgan fingerprint density at radius 3 is 2.26 bits per heavy atom. The van der Waals surface area contributed by atoms with Crippen LogP contribution in [0.5, 0.6) is 0 Å². The second-order valence-corrected chi connectivity index (χ2v) is 5.87. The maximum absolute atomic E-state index is 9.86. The van der Waals surface area contributed by atoms with Gasteiger partial charge in [-0.15, -0.1) is 0 Å². The fraction of sp³-hybridized carbons (Fsp3) is 0.769. The minimum Gasteiger partial charge on any atom is -0.311 e. The number of nitrogens with one attached hydrogen (secondary N) is 1. The maximum Gasteiger partial charge on any atom is 0.343 e. The predicted molar refractivity (Wildman–Crippen MR) is 61.8 cm³/mol. The lowest BCUT2D eigenvalue weighted by atomic mass is 9.88. The van der Waals surface area contributed by atoms with Gasteiger partial charge in [0, 0.05) is 5.41 Å². The van der Waals surface area contributed by atoms with Crippen molar-refractivity contribution in [3.63, 3.8) is 0 Å². The second-order valence-electron chi connectivity index (χ2n) is 5.87. The third-order valence-corrected chi connectivity index (χ3v) is 5.62. The highest BCUT2D eigenvalue weighted by molar-refractivity contribution is 5.95. The SMILES string of the molecule is N#C[C@]12C3([NH+]=C(N)[C@@]1(C#N)C21CCCC1)OCCO3. The fourth-order valence-corrected chi connectivity index (χ4v) is 5.02. The topological polar surface area (TPSA) is 106 Å². The Hall–Kier alpha value is -1.63. The fourth-order valence-electron chi connectivity index (χ4n) is 5.02. The molecule has 2 saturated carbocycles. The van der Waals surface area contributed by atoms with Gasteiger partial charge < -0.3 is 9.47 Å². The van der Waals surface area contributed by atoms with E-state index in [0.29, 0.717) is 19.0 Å². The summed E-state index contributed by atoms with van der Waals surface area (Å²) < 4.78 is 11.5. The van der Waals surface area contributed by atoms with E-state index in [0.717, 1.165) is 25.7 Å². The lowest BCUT2D eigenvalue weighted by Gasteiger charge is -2.26. The van der Waals surface area contributed by atoms with Gasteiger partial charge in [0.1, 0.15) is 0 Å². The van der Waals surface area contributed by atoms with E-state index in [2.05, 4.69) is 17.1 Å². The van der Waals surface area contributed by atoms with Gasteiger partial charge in [0.05, 0.1) is 25.4 Å². The molecule has 6 heteroatoms. The van der Waals surface area contributed by atoms with E-state index in [-0.39, 0.29) is 0 Å². The number of hydrogen-bond acceptors (Lipinski definition) is 5. The summed E-state index contributed by atoms with van der Waals surface area (Å²) in [5.74, 6) is -0.869. The number of rotatable bonds is 0. The highest BCUT2D eigenvalue weighted by Crippen LogP contribution is 2.87. The van der Waals surface area contributed by atoms with Crippen LogP contribution in [0.4, 0.5) is 0 Å². The van der Waals surface area contributed by atoms with Gasteiger partial charge in [0.2, 0.25) is 0 Å². The van der Waals surface area contributed by atoms with E-state index in [9.17, 15) is 10.5 Å². The third kappa shape index (κ3) is 0.745. The minimum atomic E-state index is -1.22. The van der Waals surface area contributed by atoms with E-state index in [1.807, 2.05) is 0 Å². The molecule has 3 N–H and O–H groups in total. The van der Waals surface area contributed by atoms with Gasteiger partial charge in [-0.2, -0.15) is 10.5 Å². The maximum atomic E-state index is 9.86. The van der Waals surface area contributed by atoms with Crippen LogP contribution in [0, 0.1) is 38.9 Å². The molecule has 2 heterocycles. The highest BCUT2D eigenvalue weighted by atomic mass is 16.8. The van der Waals surface area contributed by atoms with E-state index in [1.165, 1.54) is 0 Å². The molecular formula is C13H15N4O2+. The largest absolute Gasteiger partial charge is 0.343 e. The van der Waals surface area contributed by atoms with Crippen molar-refractivity contribution in [3.05, 3.63) is 0 Å². The number of hydrogen-bond donors (Lipinski definition) is 2. The van der Waals surface area contributed by atoms with E-state index < -0.39 is 22.2 Å². The van der Waals surface area contributed by atoms with Crippen molar-refractivity contribution < 1.29 is 14.5 Å². The van der Waals surface area contributed by atoms with Gasteiger partial charge in [-0.25, -0.2) is 4.99 Å². The molecule has 6 nitrogen and oxygen atoms in total. The molecule has 0 unspecified atom stereocenters. The molecule has 0 amide bonds. The zero-order valence-corrected chi connectivity index (χ0v) is 10.5. The summed E-state index contributed by atoms with van der Waals surface area (Å²) in [6.45, 7) is 0.836. The first kappa shape index (κ1) is 11.2. The molecule has 2 spiro atoms. The summed E-state index contributed by atoms with van der Waals surface area (Å²) in [4.78, 5) is 2.97. The summed E-state index contributed by atoms with van der Waals surface area (Å²) in [5, 5.41) is 19.6. The van der Waals surface area contributed by atoms with Crippen molar-refractivity contribution in [2.45, 2.75) is 31.6 Å². The normalized spacial score (nSPS) is 43.8. The van der Waals surface area contributed by atoms with Gasteiger partial charge >= 0.3 is 5.91 Å². The molecular weight excluding hydrogens is 244 g/mol. The molecule has 0 aromatic heterocycles. The van der Waals surface area contributed by atoms with Crippen LogP contribution in [0.3, 0.4) is 0 Å². The van der Waals surface area contributed by atoms with Crippen LogP contribution in [0.15, 0.2) is 0 Å². The van der Waals surface area contributed by atoms with Crippen LogP contribution < -0.4 is 10.7 Å². The molecule has 4 aliphatic rings. The highest BCUT2D eigenvalue weighted by Gasteiger charge is 3.04. The molecule has 2 aliphatic carbocycles. The molecule has 0 aromatic carbocycles. The summed E-state index contributed by atoms with van der Waals surface area (Å²) in [6, 6.07) is 4.70. The first-order chi connectivity index (χ1) is 9.16. The van der Waals surface area contributed by atoms with Crippen molar-refractivity contribution in [1.82, 2.24) is 0 Å². The Kier molecular flexibility index (Phi) is 1.73. The van der Waals surface area contributed by atoms with Crippen LogP contribution in [0.2, 0.25) is 0 Å². The Morgan fingerprint density at radius 2 is 1.74 bits per heavy atom. The van der Waals surface area contributed by atoms with Gasteiger partial charge in [0.25, 0.3) is 5.84 Å². The summed E-state index contributed by atoms with van der Waals surface area (Å²) in [7, 11) is 0. The van der Waals surface area contributed by atoms with Gasteiger partial charge in [-0.3, -0.25) is 5.73 Å². The number of ether oxygens (including phenoxy) is 2. The first-order valence-corrected chi connectivity index (χ1v) is 6.68. The molecule has 4 rings (SSSR count). The molecule has 2 atom stereocenters. The average molecular weight is 259 g/mol. The standard InChI is InChI=1S/C13H14N4O2/c14-7-11-9(16)17-13(18-5-6-19-13)12(11,8-15)10(11)3-1-2-4-10/h1-6H2,(H2,16,17)/p+1/t11-,12+/m0/s1. The minimum absolute atomic E-state index is 0.348. The second kappa shape index (κ2) is 2.92. The molecule has 2 aliphatic heterocycles. The molecule has 0 radical (unpaired) electrons. The Labute approximate surface area is 110 Å². The quantitative estimate of drug-likeness (QED) is 0.564. The summed E-state index contributed by atoms with van der Waals surface area (Å²) >= 11 is 0. The molecule has 0 aromatic rings. The van der Waals surface area contributed by atoms with E-state index in [1.54, 1.807) is 0 Å². The number of amidine groups is 1. The van der Waals surface area contributed by atoms with E-state index >= 15 is 0 Å². The van der Waals surface area contributed by atoms with Gasteiger partial charge in [-0.1, -0.05) is 12.8 Å². The zero-order valence-electron chi connectivity index (χ0n) is 10.5.